The SMILES string of the molecule is CC[C@@]1(O)C(=O)OCc2c1cc1n(c2=O)Cc2c-1nc1cc(F)c(C)c3c1c2[C@@H](NC(=O)COCNC(=O)CNC(=O)CNC(=O)OCc1ccc(NC(=O)[C@H](CCCNC(N)=O)NC(=O)[C@@H](NC(=O)CCOCCOCCOCCOCCNC(=O)COC2/C=C\CCCCC2)C(C)C)cc1)CC3. The van der Waals surface area contributed by atoms with E-state index < -0.39 is 121 Å². The van der Waals surface area contributed by atoms with Crippen molar-refractivity contribution in [3.8, 4) is 11.4 Å². The molecule has 12 N–H and O–H groups in total. The molecule has 0 bridgehead atoms. The number of hydrogen-bond acceptors (Lipinski definition) is 21. The molecule has 0 saturated heterocycles. The van der Waals surface area contributed by atoms with Gasteiger partial charge in [-0.05, 0) is 105 Å². The second-order valence-electron chi connectivity index (χ2n) is 25.7. The number of primary amides is 1. The lowest BCUT2D eigenvalue weighted by atomic mass is 9.81. The van der Waals surface area contributed by atoms with Gasteiger partial charge in [0, 0.05) is 47.8 Å². The number of anilines is 1. The fourth-order valence-electron chi connectivity index (χ4n) is 12.3. The number of nitrogens with one attached hydrogen (secondary N) is 9. The Bertz CT molecular complexity index is 3820. The number of alkyl carbamates (subject to hydrolysis) is 1. The van der Waals surface area contributed by atoms with Crippen molar-refractivity contribution >= 4 is 76.0 Å². The van der Waals surface area contributed by atoms with Crippen LogP contribution in [0.15, 0.2) is 53.3 Å². The van der Waals surface area contributed by atoms with Gasteiger partial charge in [-0.15, -0.1) is 0 Å². The predicted molar refractivity (Wildman–Crippen MR) is 372 cm³/mol. The third-order valence-electron chi connectivity index (χ3n) is 17.9. The number of nitrogens with zero attached hydrogens (tertiary/aromatic N) is 2. The number of fused-ring (bicyclic) bond motifs is 5. The van der Waals surface area contributed by atoms with Crippen LogP contribution in [0.4, 0.5) is 19.7 Å². The van der Waals surface area contributed by atoms with E-state index in [1.165, 1.54) is 35.6 Å². The lowest BCUT2D eigenvalue weighted by Gasteiger charge is -2.31. The van der Waals surface area contributed by atoms with Gasteiger partial charge in [0.1, 0.15) is 57.6 Å². The average Bonchev–Trinajstić information content (AvgIpc) is 1.51. The summed E-state index contributed by atoms with van der Waals surface area (Å²) in [6.45, 7) is 6.85. The lowest BCUT2D eigenvalue weighted by molar-refractivity contribution is -0.172. The van der Waals surface area contributed by atoms with Crippen LogP contribution in [-0.4, -0.2) is 191 Å². The molecule has 0 fully saturated rings. The van der Waals surface area contributed by atoms with Crippen molar-refractivity contribution < 1.29 is 95.3 Å². The molecule has 10 amide bonds. The molecule has 566 valence electrons. The van der Waals surface area contributed by atoms with Gasteiger partial charge in [0.05, 0.1) is 101 Å². The summed E-state index contributed by atoms with van der Waals surface area (Å²) >= 11 is 0. The van der Waals surface area contributed by atoms with Crippen molar-refractivity contribution in [1.82, 2.24) is 52.1 Å². The number of carbonyl (C=O) groups is 10. The molecule has 104 heavy (non-hydrogen) atoms. The molecule has 0 spiro atoms. The number of rotatable bonds is 40. The summed E-state index contributed by atoms with van der Waals surface area (Å²) in [5.41, 5.74) is 7.10. The summed E-state index contributed by atoms with van der Waals surface area (Å²) < 4.78 is 60.6. The summed E-state index contributed by atoms with van der Waals surface area (Å²) in [7, 11) is 0. The Labute approximate surface area is 600 Å². The van der Waals surface area contributed by atoms with Crippen molar-refractivity contribution in [2.75, 3.05) is 104 Å². The van der Waals surface area contributed by atoms with Gasteiger partial charge >= 0.3 is 18.1 Å². The van der Waals surface area contributed by atoms with Crippen LogP contribution in [0.5, 0.6) is 0 Å². The first-order chi connectivity index (χ1) is 50.0. The fourth-order valence-corrected chi connectivity index (χ4v) is 12.3. The molecule has 2 aromatic heterocycles. The third-order valence-corrected chi connectivity index (χ3v) is 17.9. The number of esters is 1. The molecule has 32 nitrogen and oxygen atoms in total. The van der Waals surface area contributed by atoms with Crippen molar-refractivity contribution in [2.24, 2.45) is 11.7 Å². The number of cyclic esters (lactones) is 1. The Balaban J connectivity index is 0.679. The monoisotopic (exact) mass is 1450 g/mol. The van der Waals surface area contributed by atoms with Crippen LogP contribution in [0.25, 0.3) is 22.3 Å². The minimum Gasteiger partial charge on any atom is -0.458 e. The van der Waals surface area contributed by atoms with Crippen molar-refractivity contribution in [3.63, 3.8) is 0 Å². The minimum atomic E-state index is -2.06. The van der Waals surface area contributed by atoms with Gasteiger partial charge in [-0.2, -0.15) is 0 Å². The van der Waals surface area contributed by atoms with Crippen molar-refractivity contribution in [3.05, 3.63) is 104 Å². The van der Waals surface area contributed by atoms with Crippen LogP contribution in [0.1, 0.15) is 130 Å². The average molecular weight is 1460 g/mol. The molecule has 33 heteroatoms. The number of hydrogen-bond donors (Lipinski definition) is 11. The van der Waals surface area contributed by atoms with Crippen LogP contribution >= 0.6 is 0 Å². The predicted octanol–water partition coefficient (Wildman–Crippen LogP) is 2.25. The van der Waals surface area contributed by atoms with Gasteiger partial charge in [0.25, 0.3) is 5.56 Å². The van der Waals surface area contributed by atoms with Crippen LogP contribution in [0.3, 0.4) is 0 Å². The molecular weight excluding hydrogens is 1360 g/mol. The van der Waals surface area contributed by atoms with E-state index in [0.29, 0.717) is 108 Å². The Hall–Kier alpha value is -9.51. The first kappa shape index (κ1) is 80.2. The topological polar surface area (TPSA) is 434 Å². The number of nitrogens with two attached hydrogens (primary N) is 1. The quantitative estimate of drug-likeness (QED) is 0.0116. The number of aliphatic hydroxyl groups is 1. The van der Waals surface area contributed by atoms with Gasteiger partial charge in [0.2, 0.25) is 41.4 Å². The maximum Gasteiger partial charge on any atom is 0.407 e. The first-order valence-corrected chi connectivity index (χ1v) is 35.1. The van der Waals surface area contributed by atoms with E-state index in [1.807, 2.05) is 6.08 Å². The molecular formula is C71H95FN12O20. The van der Waals surface area contributed by atoms with E-state index in [-0.39, 0.29) is 102 Å². The number of aromatic nitrogens is 2. The Kier molecular flexibility index (Phi) is 30.8. The van der Waals surface area contributed by atoms with Crippen molar-refractivity contribution in [2.45, 2.75) is 148 Å². The molecule has 0 radical (unpaired) electrons. The van der Waals surface area contributed by atoms with Crippen LogP contribution in [-0.2, 0) is 108 Å². The summed E-state index contributed by atoms with van der Waals surface area (Å²) in [5, 5.41) is 35.5. The summed E-state index contributed by atoms with van der Waals surface area (Å²) in [6.07, 6.45) is 9.52. The van der Waals surface area contributed by atoms with Gasteiger partial charge in [0.15, 0.2) is 5.60 Å². The molecule has 5 atom stereocenters. The van der Waals surface area contributed by atoms with Crippen LogP contribution < -0.4 is 59.1 Å². The zero-order valence-corrected chi connectivity index (χ0v) is 59.1. The van der Waals surface area contributed by atoms with E-state index in [4.69, 9.17) is 48.6 Å². The smallest absolute Gasteiger partial charge is 0.407 e. The minimum absolute atomic E-state index is 0.00864. The summed E-state index contributed by atoms with van der Waals surface area (Å²) in [6, 6.07) is 5.49. The molecule has 2 aliphatic heterocycles. The number of ether oxygens (including phenoxy) is 8. The highest BCUT2D eigenvalue weighted by Crippen LogP contribution is 2.46. The number of amides is 10. The lowest BCUT2D eigenvalue weighted by Crippen LogP contribution is -2.54. The Morgan fingerprint density at radius 2 is 1.47 bits per heavy atom. The fraction of sp³-hybridized carbons (Fsp3) is 0.549. The number of aryl methyl sites for hydroxylation is 1. The van der Waals surface area contributed by atoms with Gasteiger partial charge in [-0.3, -0.25) is 38.4 Å². The van der Waals surface area contributed by atoms with Gasteiger partial charge in [-0.25, -0.2) is 23.8 Å². The number of halogens is 1. The molecule has 8 rings (SSSR count). The number of carbonyl (C=O) groups excluding carboxylic acids is 10. The number of benzene rings is 2. The zero-order valence-electron chi connectivity index (χ0n) is 59.1. The first-order valence-electron chi connectivity index (χ1n) is 35.1. The van der Waals surface area contributed by atoms with E-state index in [9.17, 15) is 57.8 Å². The maximum absolute atomic E-state index is 15.4. The van der Waals surface area contributed by atoms with Gasteiger partial charge in [-0.1, -0.05) is 57.9 Å². The molecule has 1 unspecified atom stereocenters. The van der Waals surface area contributed by atoms with E-state index >= 15 is 4.39 Å². The molecule has 0 saturated carbocycles. The van der Waals surface area contributed by atoms with E-state index in [1.54, 1.807) is 45.9 Å². The standard InChI is InChI=1S/C71H95FN12O20/c1-5-71(96)50-32-55-64-48(36-84(55)67(92)49(50)38-103-68(71)93)62-52(20-19-47-43(4)51(72)33-54(81-64)61(47)62)80-60(89)39-101-41-78-58(87)34-76-57(86)35-77-70(95)104-37-44-15-17-45(18-16-44)79-65(90)53(14-11-22-75-69(73)94)82-66(91)63(42(2)3)83-56(85)21-24-97-26-28-99-30-31-100-29-27-98-25-23-74-59(88)40-102-46-12-9-7-6-8-10-13-46/h9,12,15-18,32-33,42,46,52-53,63,96H,5-8,10-11,13-14,19-31,34-41H2,1-4H3,(H,74,88)(H,76,86)(H,77,95)(H,78,87)(H,79,90)(H,80,89)(H,82,91)(H,83,85)(H3,73,75,94)/b12-9-/t46?,52-,53-,63-,71-/m0/s1. The molecule has 2 aliphatic carbocycles. The second-order valence-corrected chi connectivity index (χ2v) is 25.7. The van der Waals surface area contributed by atoms with Crippen molar-refractivity contribution in [1.29, 1.82) is 0 Å². The Morgan fingerprint density at radius 1 is 0.760 bits per heavy atom. The molecule has 4 aromatic rings. The molecule has 4 heterocycles. The number of allylic oxidation sites excluding steroid dienone is 1. The molecule has 2 aromatic carbocycles. The van der Waals surface area contributed by atoms with Gasteiger partial charge < -0.3 is 101 Å². The number of urea groups is 1. The van der Waals surface area contributed by atoms with Crippen LogP contribution in [0.2, 0.25) is 0 Å². The highest BCUT2D eigenvalue weighted by Gasteiger charge is 2.46. The third kappa shape index (κ3) is 23.0. The van der Waals surface area contributed by atoms with E-state index in [2.05, 4.69) is 53.9 Å². The van der Waals surface area contributed by atoms with Crippen LogP contribution in [0, 0.1) is 18.7 Å². The second kappa shape index (κ2) is 39.9. The Morgan fingerprint density at radius 3 is 2.19 bits per heavy atom. The maximum atomic E-state index is 15.4. The molecule has 4 aliphatic rings. The summed E-state index contributed by atoms with van der Waals surface area (Å²) in [4.78, 5) is 146. The summed E-state index contributed by atoms with van der Waals surface area (Å²) in [5.74, 6) is -5.59. The highest BCUT2D eigenvalue weighted by atomic mass is 19.1. The normalized spacial score (nSPS) is 17.3. The largest absolute Gasteiger partial charge is 0.458 e. The zero-order chi connectivity index (χ0) is 74.7. The number of pyridine rings is 2. The van der Waals surface area contributed by atoms with E-state index in [0.717, 1.165) is 19.3 Å². The highest BCUT2D eigenvalue weighted by molar-refractivity contribution is 5.99.